The van der Waals surface area contributed by atoms with E-state index in [9.17, 15) is 0 Å². The zero-order valence-corrected chi connectivity index (χ0v) is 8.85. The van der Waals surface area contributed by atoms with E-state index < -0.39 is 0 Å². The Hall–Kier alpha value is -0.200. The van der Waals surface area contributed by atoms with Gasteiger partial charge < -0.3 is 4.90 Å². The van der Waals surface area contributed by atoms with Crippen molar-refractivity contribution in [2.45, 2.75) is 20.3 Å². The summed E-state index contributed by atoms with van der Waals surface area (Å²) in [6.45, 7) is 7.07. The van der Waals surface area contributed by atoms with Crippen molar-refractivity contribution in [1.29, 1.82) is 5.26 Å². The summed E-state index contributed by atoms with van der Waals surface area (Å²) >= 11 is 4.16. The molecule has 2 nitrogen and oxygen atoms in total. The molecule has 0 spiro atoms. The maximum absolute atomic E-state index is 8.61. The van der Waals surface area contributed by atoms with Gasteiger partial charge in [0.05, 0.1) is 12.0 Å². The highest BCUT2D eigenvalue weighted by molar-refractivity contribution is 7.80. The summed E-state index contributed by atoms with van der Waals surface area (Å²) < 4.78 is 0. The lowest BCUT2D eigenvalue weighted by molar-refractivity contribution is 0.270. The van der Waals surface area contributed by atoms with Crippen LogP contribution in [0.3, 0.4) is 0 Å². The summed E-state index contributed by atoms with van der Waals surface area (Å²) in [6, 6.07) is 2.25. The predicted octanol–water partition coefficient (Wildman–Crippen LogP) is 1.79. The van der Waals surface area contributed by atoms with E-state index in [1.165, 1.54) is 0 Å². The minimum absolute atomic E-state index is 0.143. The molecule has 0 aliphatic heterocycles. The molecule has 0 aromatic heterocycles. The minimum Gasteiger partial charge on any atom is -0.302 e. The minimum atomic E-state index is 0.143. The van der Waals surface area contributed by atoms with Gasteiger partial charge in [-0.1, -0.05) is 6.92 Å². The average Bonchev–Trinajstić information content (AvgIpc) is 2.11. The number of hydrogen-bond donors (Lipinski definition) is 1. The smallest absolute Gasteiger partial charge is 0.0666 e. The highest BCUT2D eigenvalue weighted by Crippen LogP contribution is 1.99. The van der Waals surface area contributed by atoms with Crippen molar-refractivity contribution < 1.29 is 0 Å². The number of nitriles is 1. The second-order valence-electron chi connectivity index (χ2n) is 3.00. The fraction of sp³-hybridized carbons (Fsp3) is 0.889. The molecule has 0 bridgehead atoms. The molecule has 12 heavy (non-hydrogen) atoms. The lowest BCUT2D eigenvalue weighted by Gasteiger charge is -2.20. The highest BCUT2D eigenvalue weighted by Gasteiger charge is 2.06. The van der Waals surface area contributed by atoms with Crippen molar-refractivity contribution in [3.05, 3.63) is 0 Å². The first-order chi connectivity index (χ1) is 5.74. The van der Waals surface area contributed by atoms with Crippen LogP contribution < -0.4 is 0 Å². The molecule has 0 N–H and O–H groups in total. The van der Waals surface area contributed by atoms with Gasteiger partial charge in [-0.2, -0.15) is 17.9 Å². The highest BCUT2D eigenvalue weighted by atomic mass is 32.1. The van der Waals surface area contributed by atoms with Crippen LogP contribution >= 0.6 is 12.6 Å². The summed E-state index contributed by atoms with van der Waals surface area (Å²) in [7, 11) is 0. The zero-order chi connectivity index (χ0) is 9.40. The normalized spacial score (nSPS) is 12.9. The molecule has 1 atom stereocenters. The summed E-state index contributed by atoms with van der Waals surface area (Å²) in [5.74, 6) is 1.07. The van der Waals surface area contributed by atoms with Crippen molar-refractivity contribution in [3.8, 4) is 6.07 Å². The second kappa shape index (κ2) is 7.45. The molecule has 0 aromatic rings. The van der Waals surface area contributed by atoms with Gasteiger partial charge in [-0.15, -0.1) is 0 Å². The number of thiol groups is 1. The van der Waals surface area contributed by atoms with E-state index in [-0.39, 0.29) is 5.92 Å². The fourth-order valence-electron chi connectivity index (χ4n) is 1.10. The molecule has 0 radical (unpaired) electrons. The van der Waals surface area contributed by atoms with Gasteiger partial charge in [0, 0.05) is 6.54 Å². The van der Waals surface area contributed by atoms with Gasteiger partial charge in [0.15, 0.2) is 0 Å². The van der Waals surface area contributed by atoms with Gasteiger partial charge in [-0.05, 0) is 32.2 Å². The maximum Gasteiger partial charge on any atom is 0.0666 e. The molecule has 0 rings (SSSR count). The van der Waals surface area contributed by atoms with Gasteiger partial charge in [0.1, 0.15) is 0 Å². The Balaban J connectivity index is 3.60. The lowest BCUT2D eigenvalue weighted by atomic mass is 10.2. The van der Waals surface area contributed by atoms with Gasteiger partial charge in [0.2, 0.25) is 0 Å². The first-order valence-electron chi connectivity index (χ1n) is 4.47. The predicted molar refractivity (Wildman–Crippen MR) is 55.4 cm³/mol. The van der Waals surface area contributed by atoms with Crippen molar-refractivity contribution in [1.82, 2.24) is 4.90 Å². The fourth-order valence-corrected chi connectivity index (χ4v) is 1.24. The zero-order valence-electron chi connectivity index (χ0n) is 7.95. The van der Waals surface area contributed by atoms with E-state index in [1.54, 1.807) is 0 Å². The summed E-state index contributed by atoms with van der Waals surface area (Å²) in [5.41, 5.74) is 0. The van der Waals surface area contributed by atoms with Gasteiger partial charge in [-0.3, -0.25) is 0 Å². The molecule has 1 unspecified atom stereocenters. The molecule has 0 aromatic carbocycles. The average molecular weight is 186 g/mol. The number of nitrogens with zero attached hydrogens (tertiary/aromatic N) is 2. The monoisotopic (exact) mass is 186 g/mol. The molecular weight excluding hydrogens is 168 g/mol. The Labute approximate surface area is 81.0 Å². The first kappa shape index (κ1) is 11.8. The van der Waals surface area contributed by atoms with Crippen LogP contribution in [-0.4, -0.2) is 30.3 Å². The van der Waals surface area contributed by atoms with Crippen molar-refractivity contribution >= 4 is 12.6 Å². The molecule has 0 aliphatic rings. The van der Waals surface area contributed by atoms with Gasteiger partial charge >= 0.3 is 0 Å². The van der Waals surface area contributed by atoms with Crippen LogP contribution in [0, 0.1) is 17.2 Å². The van der Waals surface area contributed by atoms with E-state index in [1.807, 2.05) is 6.92 Å². The molecule has 0 fully saturated rings. The molecule has 0 amide bonds. The van der Waals surface area contributed by atoms with Gasteiger partial charge in [-0.25, -0.2) is 0 Å². The van der Waals surface area contributed by atoms with E-state index in [2.05, 4.69) is 30.5 Å². The SMILES string of the molecule is CCN(CCCS)CC(C)C#N. The molecular formula is C9H18N2S. The van der Waals surface area contributed by atoms with Crippen LogP contribution in [0.25, 0.3) is 0 Å². The third-order valence-electron chi connectivity index (χ3n) is 1.83. The van der Waals surface area contributed by atoms with E-state index >= 15 is 0 Å². The van der Waals surface area contributed by atoms with Crippen molar-refractivity contribution in [2.24, 2.45) is 5.92 Å². The van der Waals surface area contributed by atoms with Crippen LogP contribution in [0.2, 0.25) is 0 Å². The second-order valence-corrected chi connectivity index (χ2v) is 3.45. The van der Waals surface area contributed by atoms with Crippen LogP contribution in [-0.2, 0) is 0 Å². The van der Waals surface area contributed by atoms with Crippen molar-refractivity contribution in [3.63, 3.8) is 0 Å². The standard InChI is InChI=1S/C9H18N2S/c1-3-11(5-4-6-12)8-9(2)7-10/h9,12H,3-6,8H2,1-2H3. The van der Waals surface area contributed by atoms with Crippen LogP contribution in [0.15, 0.2) is 0 Å². The van der Waals surface area contributed by atoms with Gasteiger partial charge in [0.25, 0.3) is 0 Å². The van der Waals surface area contributed by atoms with Crippen LogP contribution in [0.1, 0.15) is 20.3 Å². The van der Waals surface area contributed by atoms with Crippen LogP contribution in [0.4, 0.5) is 0 Å². The van der Waals surface area contributed by atoms with E-state index in [0.29, 0.717) is 0 Å². The summed E-state index contributed by atoms with van der Waals surface area (Å²) in [5, 5.41) is 8.61. The number of hydrogen-bond acceptors (Lipinski definition) is 3. The van der Waals surface area contributed by atoms with Crippen LogP contribution in [0.5, 0.6) is 0 Å². The lowest BCUT2D eigenvalue weighted by Crippen LogP contribution is -2.29. The Bertz CT molecular complexity index is 142. The third-order valence-corrected chi connectivity index (χ3v) is 2.15. The topological polar surface area (TPSA) is 27.0 Å². The molecule has 70 valence electrons. The van der Waals surface area contributed by atoms with E-state index in [4.69, 9.17) is 5.26 Å². The maximum atomic E-state index is 8.61. The molecule has 3 heteroatoms. The quantitative estimate of drug-likeness (QED) is 0.640. The largest absolute Gasteiger partial charge is 0.302 e. The molecule has 0 saturated heterocycles. The summed E-state index contributed by atoms with van der Waals surface area (Å²) in [6.07, 6.45) is 1.11. The Morgan fingerprint density at radius 3 is 2.67 bits per heavy atom. The third kappa shape index (κ3) is 5.45. The first-order valence-corrected chi connectivity index (χ1v) is 5.10. The Morgan fingerprint density at radius 1 is 1.58 bits per heavy atom. The van der Waals surface area contributed by atoms with E-state index in [0.717, 1.165) is 31.8 Å². The Kier molecular flexibility index (Phi) is 7.33. The molecule has 0 aliphatic carbocycles. The molecule has 0 heterocycles. The summed E-state index contributed by atoms with van der Waals surface area (Å²) in [4.78, 5) is 2.30. The van der Waals surface area contributed by atoms with Crippen molar-refractivity contribution in [2.75, 3.05) is 25.4 Å². The Morgan fingerprint density at radius 2 is 2.25 bits per heavy atom. The molecule has 0 saturated carbocycles. The number of rotatable bonds is 6.